The first-order chi connectivity index (χ1) is 16.8. The lowest BCUT2D eigenvalue weighted by molar-refractivity contribution is -0.131. The maximum atomic E-state index is 13.5. The van der Waals surface area contributed by atoms with E-state index in [4.69, 9.17) is 9.47 Å². The highest BCUT2D eigenvalue weighted by molar-refractivity contribution is 8.13. The summed E-state index contributed by atoms with van der Waals surface area (Å²) in [7, 11) is 4.02. The highest BCUT2D eigenvalue weighted by atomic mass is 32.2. The van der Waals surface area contributed by atoms with Gasteiger partial charge in [-0.1, -0.05) is 32.0 Å². The first-order valence-electron chi connectivity index (χ1n) is 13.0. The Labute approximate surface area is 220 Å². The number of amides is 3. The molecule has 2 N–H and O–H groups in total. The second-order valence-corrected chi connectivity index (χ2v) is 12.3. The summed E-state index contributed by atoms with van der Waals surface area (Å²) in [5.74, 6) is 0.912. The van der Waals surface area contributed by atoms with Gasteiger partial charge >= 0.3 is 12.1 Å². The largest absolute Gasteiger partial charge is 0.444 e. The third-order valence-corrected chi connectivity index (χ3v) is 6.76. The molecule has 10 nitrogen and oxygen atoms in total. The number of ketones is 1. The molecule has 3 amide bonds. The molecule has 2 aliphatic rings. The number of hydrogen-bond donors (Lipinski definition) is 2. The van der Waals surface area contributed by atoms with E-state index in [0.717, 1.165) is 43.0 Å². The summed E-state index contributed by atoms with van der Waals surface area (Å²) >= 11 is 1.39. The second-order valence-electron chi connectivity index (χ2n) is 11.3. The molecule has 36 heavy (non-hydrogen) atoms. The predicted molar refractivity (Wildman–Crippen MR) is 143 cm³/mol. The minimum atomic E-state index is -1.11. The number of Topliss-reactive ketones (excluding diaryl/α,β-unsaturated/α-hetero) is 1. The summed E-state index contributed by atoms with van der Waals surface area (Å²) in [6, 6.07) is -0.570. The number of alkyl carbamates (subject to hydrolysis) is 1. The number of thioether (sulfide) groups is 1. The molecule has 1 saturated carbocycles. The van der Waals surface area contributed by atoms with E-state index in [0.29, 0.717) is 36.8 Å². The van der Waals surface area contributed by atoms with Gasteiger partial charge in [-0.2, -0.15) is 5.01 Å². The van der Waals surface area contributed by atoms with E-state index >= 15 is 0 Å². The molecule has 1 fully saturated rings. The fourth-order valence-corrected chi connectivity index (χ4v) is 4.77. The lowest BCUT2D eigenvalue weighted by Gasteiger charge is -2.39. The molecule has 0 spiro atoms. The fourth-order valence-electron chi connectivity index (χ4n) is 4.02. The molecular weight excluding hydrogens is 482 g/mol. The molecule has 1 heterocycles. The van der Waals surface area contributed by atoms with Crippen LogP contribution in [0.3, 0.4) is 0 Å². The molecule has 11 heteroatoms. The van der Waals surface area contributed by atoms with Gasteiger partial charge < -0.3 is 19.7 Å². The smallest absolute Gasteiger partial charge is 0.409 e. The van der Waals surface area contributed by atoms with Crippen LogP contribution in [-0.4, -0.2) is 76.9 Å². The maximum Gasteiger partial charge on any atom is 0.409 e. The number of nitrogens with zero attached hydrogens (tertiary/aromatic N) is 3. The van der Waals surface area contributed by atoms with Crippen LogP contribution in [0.2, 0.25) is 0 Å². The topological polar surface area (TPSA) is 113 Å². The SMILES string of the molecule is CC(C)CCC(=O)C1OC(SCCCN(C)C)=NN1C(=O)NC1(NC(=O)OC(C)(C)C)CCCCC1. The van der Waals surface area contributed by atoms with Crippen molar-refractivity contribution in [2.45, 2.75) is 103 Å². The minimum Gasteiger partial charge on any atom is -0.444 e. The van der Waals surface area contributed by atoms with E-state index in [1.165, 1.54) is 11.8 Å². The quantitative estimate of drug-likeness (QED) is 0.318. The van der Waals surface area contributed by atoms with Crippen LogP contribution >= 0.6 is 11.8 Å². The molecule has 0 aromatic rings. The van der Waals surface area contributed by atoms with Crippen LogP contribution < -0.4 is 10.6 Å². The molecule has 1 aliphatic carbocycles. The number of hydrazone groups is 1. The van der Waals surface area contributed by atoms with Crippen molar-refractivity contribution in [3.05, 3.63) is 0 Å². The Morgan fingerprint density at radius 1 is 1.19 bits per heavy atom. The molecule has 206 valence electrons. The van der Waals surface area contributed by atoms with Crippen molar-refractivity contribution >= 4 is 34.9 Å². The van der Waals surface area contributed by atoms with Crippen LogP contribution in [0.15, 0.2) is 5.10 Å². The summed E-state index contributed by atoms with van der Waals surface area (Å²) in [4.78, 5) is 41.2. The van der Waals surface area contributed by atoms with Crippen molar-refractivity contribution in [2.24, 2.45) is 11.0 Å². The van der Waals surface area contributed by atoms with Crippen molar-refractivity contribution in [2.75, 3.05) is 26.4 Å². The molecule has 0 bridgehead atoms. The molecule has 0 aromatic carbocycles. The summed E-state index contributed by atoms with van der Waals surface area (Å²) in [5, 5.41) is 11.6. The summed E-state index contributed by atoms with van der Waals surface area (Å²) in [6.45, 7) is 10.4. The zero-order chi connectivity index (χ0) is 26.9. The zero-order valence-corrected chi connectivity index (χ0v) is 23.8. The zero-order valence-electron chi connectivity index (χ0n) is 23.0. The standard InChI is InChI=1S/C25H45N5O5S/c1-18(2)12-13-19(31)20-30(28-23(34-20)36-17-11-16-29(6)7)21(32)26-25(14-9-8-10-15-25)27-22(33)35-24(3,4)5/h18,20H,8-17H2,1-7H3,(H,26,32)(H,27,33). The lowest BCUT2D eigenvalue weighted by atomic mass is 9.89. The van der Waals surface area contributed by atoms with Gasteiger partial charge in [0.05, 0.1) is 0 Å². The van der Waals surface area contributed by atoms with E-state index in [1.807, 2.05) is 27.9 Å². The number of carbonyl (C=O) groups excluding carboxylic acids is 3. The van der Waals surface area contributed by atoms with Crippen LogP contribution in [0, 0.1) is 5.92 Å². The van der Waals surface area contributed by atoms with E-state index in [9.17, 15) is 14.4 Å². The molecule has 0 saturated heterocycles. The number of urea groups is 1. The molecule has 2 rings (SSSR count). The first-order valence-corrected chi connectivity index (χ1v) is 14.0. The average Bonchev–Trinajstić information content (AvgIpc) is 3.18. The number of ether oxygens (including phenoxy) is 2. The number of nitrogens with one attached hydrogen (secondary N) is 2. The van der Waals surface area contributed by atoms with Crippen LogP contribution in [0.1, 0.15) is 86.0 Å². The Morgan fingerprint density at radius 3 is 2.44 bits per heavy atom. The third kappa shape index (κ3) is 10.2. The minimum absolute atomic E-state index is 0.190. The van der Waals surface area contributed by atoms with Gasteiger partial charge in [-0.25, -0.2) is 9.59 Å². The second kappa shape index (κ2) is 13.5. The summed E-state index contributed by atoms with van der Waals surface area (Å²) in [6.07, 6.45) is 4.05. The highest BCUT2D eigenvalue weighted by Gasteiger charge is 2.43. The molecule has 1 atom stereocenters. The van der Waals surface area contributed by atoms with Crippen molar-refractivity contribution in [3.63, 3.8) is 0 Å². The number of hydrogen-bond acceptors (Lipinski definition) is 8. The summed E-state index contributed by atoms with van der Waals surface area (Å²) in [5.41, 5.74) is -1.63. The Bertz CT molecular complexity index is 790. The highest BCUT2D eigenvalue weighted by Crippen LogP contribution is 2.29. The Kier molecular flexibility index (Phi) is 11.3. The first kappa shape index (κ1) is 30.2. The Morgan fingerprint density at radius 2 is 1.86 bits per heavy atom. The molecule has 0 aromatic heterocycles. The van der Waals surface area contributed by atoms with Gasteiger partial charge in [-0.05, 0) is 85.9 Å². The monoisotopic (exact) mass is 527 g/mol. The van der Waals surface area contributed by atoms with Crippen LogP contribution in [0.4, 0.5) is 9.59 Å². The lowest BCUT2D eigenvalue weighted by Crippen LogP contribution is -2.64. The van der Waals surface area contributed by atoms with Gasteiger partial charge in [0.2, 0.25) is 0 Å². The Balaban J connectivity index is 2.16. The molecule has 0 radical (unpaired) electrons. The van der Waals surface area contributed by atoms with E-state index in [2.05, 4.69) is 20.6 Å². The normalized spacial score (nSPS) is 19.6. The van der Waals surface area contributed by atoms with Crippen molar-refractivity contribution in [1.29, 1.82) is 0 Å². The molecular formula is C25H45N5O5S. The van der Waals surface area contributed by atoms with Crippen molar-refractivity contribution < 1.29 is 23.9 Å². The van der Waals surface area contributed by atoms with Gasteiger partial charge in [0.1, 0.15) is 11.3 Å². The van der Waals surface area contributed by atoms with Crippen LogP contribution in [-0.2, 0) is 14.3 Å². The molecule has 1 aliphatic heterocycles. The van der Waals surface area contributed by atoms with E-state index < -0.39 is 29.6 Å². The van der Waals surface area contributed by atoms with E-state index in [-0.39, 0.29) is 5.78 Å². The maximum absolute atomic E-state index is 13.5. The fraction of sp³-hybridized carbons (Fsp3) is 0.840. The van der Waals surface area contributed by atoms with Gasteiger partial charge in [0, 0.05) is 12.2 Å². The van der Waals surface area contributed by atoms with Gasteiger partial charge in [-0.15, -0.1) is 5.10 Å². The summed E-state index contributed by atoms with van der Waals surface area (Å²) < 4.78 is 11.3. The number of rotatable bonds is 10. The van der Waals surface area contributed by atoms with E-state index in [1.54, 1.807) is 20.8 Å². The van der Waals surface area contributed by atoms with Crippen LogP contribution in [0.25, 0.3) is 0 Å². The Hall–Kier alpha value is -2.01. The number of carbonyl (C=O) groups is 3. The third-order valence-electron chi connectivity index (χ3n) is 5.84. The van der Waals surface area contributed by atoms with Crippen molar-refractivity contribution in [1.82, 2.24) is 20.5 Å². The average molecular weight is 528 g/mol. The van der Waals surface area contributed by atoms with Gasteiger partial charge in [0.25, 0.3) is 11.5 Å². The van der Waals surface area contributed by atoms with Gasteiger partial charge in [0.15, 0.2) is 5.78 Å². The molecule has 1 unspecified atom stereocenters. The van der Waals surface area contributed by atoms with Crippen LogP contribution in [0.5, 0.6) is 0 Å². The van der Waals surface area contributed by atoms with Crippen molar-refractivity contribution in [3.8, 4) is 0 Å². The van der Waals surface area contributed by atoms with Gasteiger partial charge in [-0.3, -0.25) is 10.1 Å². The predicted octanol–water partition coefficient (Wildman–Crippen LogP) is 4.50.